The Hall–Kier alpha value is -1.16. The van der Waals surface area contributed by atoms with Crippen molar-refractivity contribution in [3.63, 3.8) is 0 Å². The molecule has 0 spiro atoms. The largest absolute Gasteiger partial charge is 0.457 e. The van der Waals surface area contributed by atoms with Gasteiger partial charge in [0.15, 0.2) is 6.29 Å². The van der Waals surface area contributed by atoms with E-state index in [2.05, 4.69) is 30.2 Å². The molecule has 0 bridgehead atoms. The van der Waals surface area contributed by atoms with E-state index in [9.17, 15) is 28.5 Å². The van der Waals surface area contributed by atoms with Crippen LogP contribution in [0.15, 0.2) is 12.2 Å². The average molecular weight is 893 g/mol. The third-order valence-electron chi connectivity index (χ3n) is 11.6. The molecular weight excluding hydrogens is 801 g/mol. The van der Waals surface area contributed by atoms with Crippen molar-refractivity contribution in [2.24, 2.45) is 0 Å². The summed E-state index contributed by atoms with van der Waals surface area (Å²) in [5, 5.41) is 30.6. The van der Waals surface area contributed by atoms with Gasteiger partial charge in [0.1, 0.15) is 30.5 Å². The highest BCUT2D eigenvalue weighted by molar-refractivity contribution is 7.80. The molecule has 6 atom stereocenters. The Morgan fingerprint density at radius 2 is 1.03 bits per heavy atom. The molecule has 1 fully saturated rings. The zero-order valence-electron chi connectivity index (χ0n) is 38.7. The summed E-state index contributed by atoms with van der Waals surface area (Å²) in [6.45, 7) is 3.98. The van der Waals surface area contributed by atoms with Gasteiger partial charge < -0.3 is 34.3 Å². The molecular formula is C48H92O12S. The number of hydrogen-bond donors (Lipinski definition) is 4. The van der Waals surface area contributed by atoms with Crippen molar-refractivity contribution in [2.45, 2.75) is 263 Å². The molecule has 0 aromatic rings. The Bertz CT molecular complexity index is 1120. The lowest BCUT2D eigenvalue weighted by Crippen LogP contribution is -2.60. The minimum absolute atomic E-state index is 0.0414. The molecule has 0 aliphatic carbocycles. The summed E-state index contributed by atoms with van der Waals surface area (Å²) < 4.78 is 59.0. The van der Waals surface area contributed by atoms with Gasteiger partial charge in [-0.1, -0.05) is 193 Å². The number of unbranched alkanes of at least 4 members (excludes halogenated alkanes) is 29. The molecule has 362 valence electrons. The summed E-state index contributed by atoms with van der Waals surface area (Å²) in [5.74, 6) is -0.400. The molecule has 13 heteroatoms. The van der Waals surface area contributed by atoms with Crippen LogP contribution in [0.2, 0.25) is 0 Å². The molecule has 12 nitrogen and oxygen atoms in total. The van der Waals surface area contributed by atoms with Crippen LogP contribution in [-0.2, 0) is 38.3 Å². The van der Waals surface area contributed by atoms with Crippen LogP contribution in [-0.4, -0.2) is 97.5 Å². The molecule has 0 saturated carbocycles. The van der Waals surface area contributed by atoms with Gasteiger partial charge in [0.25, 0.3) is 0 Å². The molecule has 0 amide bonds. The Labute approximate surface area is 372 Å². The van der Waals surface area contributed by atoms with E-state index < -0.39 is 59.8 Å². The van der Waals surface area contributed by atoms with Gasteiger partial charge in [0, 0.05) is 13.0 Å². The number of aliphatic hydroxyl groups excluding tert-OH is 3. The highest BCUT2D eigenvalue weighted by atomic mass is 32.3. The van der Waals surface area contributed by atoms with Crippen molar-refractivity contribution in [2.75, 3.05) is 26.4 Å². The molecule has 0 aromatic heterocycles. The van der Waals surface area contributed by atoms with Gasteiger partial charge in [-0.3, -0.25) is 9.35 Å². The molecule has 1 aliphatic heterocycles. The number of esters is 1. The number of carbonyl (C=O) groups excluding carboxylic acids is 1. The second-order valence-corrected chi connectivity index (χ2v) is 18.5. The van der Waals surface area contributed by atoms with E-state index in [-0.39, 0.29) is 19.6 Å². The lowest BCUT2D eigenvalue weighted by Gasteiger charge is -2.41. The summed E-state index contributed by atoms with van der Waals surface area (Å²) in [4.78, 5) is 12.8. The minimum Gasteiger partial charge on any atom is -0.457 e. The lowest BCUT2D eigenvalue weighted by atomic mass is 9.99. The van der Waals surface area contributed by atoms with Crippen LogP contribution in [0.25, 0.3) is 0 Å². The van der Waals surface area contributed by atoms with Gasteiger partial charge in [0.2, 0.25) is 0 Å². The van der Waals surface area contributed by atoms with E-state index in [1.165, 1.54) is 161 Å². The number of allylic oxidation sites excluding steroid dienone is 2. The van der Waals surface area contributed by atoms with Crippen LogP contribution in [0.1, 0.15) is 226 Å². The zero-order chi connectivity index (χ0) is 44.7. The maximum atomic E-state index is 12.8. The van der Waals surface area contributed by atoms with Crippen molar-refractivity contribution >= 4 is 16.4 Å². The lowest BCUT2D eigenvalue weighted by molar-refractivity contribution is -0.301. The summed E-state index contributed by atoms with van der Waals surface area (Å²) in [5.41, 5.74) is 0. The third kappa shape index (κ3) is 33.9. The second kappa shape index (κ2) is 40.4. The molecule has 1 heterocycles. The van der Waals surface area contributed by atoms with Crippen molar-refractivity contribution in [1.82, 2.24) is 0 Å². The fourth-order valence-electron chi connectivity index (χ4n) is 7.85. The molecule has 1 aliphatic rings. The second-order valence-electron chi connectivity index (χ2n) is 17.4. The summed E-state index contributed by atoms with van der Waals surface area (Å²) in [7, 11) is -5.05. The van der Waals surface area contributed by atoms with Crippen molar-refractivity contribution in [3.05, 3.63) is 12.2 Å². The maximum Gasteiger partial charge on any atom is 0.397 e. The fourth-order valence-corrected chi connectivity index (χ4v) is 8.35. The van der Waals surface area contributed by atoms with Crippen molar-refractivity contribution in [1.29, 1.82) is 0 Å². The molecule has 61 heavy (non-hydrogen) atoms. The van der Waals surface area contributed by atoms with Crippen LogP contribution in [0, 0.1) is 0 Å². The number of carbonyl (C=O) groups is 1. The summed E-state index contributed by atoms with van der Waals surface area (Å²) >= 11 is 0. The van der Waals surface area contributed by atoms with Crippen LogP contribution >= 0.6 is 0 Å². The van der Waals surface area contributed by atoms with Crippen LogP contribution in [0.3, 0.4) is 0 Å². The van der Waals surface area contributed by atoms with Crippen LogP contribution in [0.4, 0.5) is 0 Å². The standard InChI is InChI=1S/C48H92O12S/c1-3-5-7-9-11-13-14-15-16-17-18-19-20-21-22-23-24-25-26-27-28-29-30-32-34-36-38-56-40-42(58-44(50)37-35-33-31-12-10-8-6-4-2)41-57-48-46(52)47(60-61(53,54)55)45(51)43(39-49)59-48/h17-18,42-43,45-49,51-52H,3-16,19-41H2,1-2H3,(H,53,54,55)/b18-17-. The van der Waals surface area contributed by atoms with E-state index in [4.69, 9.17) is 23.5 Å². The molecule has 4 N–H and O–H groups in total. The van der Waals surface area contributed by atoms with E-state index in [1.54, 1.807) is 0 Å². The van der Waals surface area contributed by atoms with E-state index in [0.717, 1.165) is 38.5 Å². The number of aliphatic hydroxyl groups is 3. The molecule has 6 unspecified atom stereocenters. The predicted octanol–water partition coefficient (Wildman–Crippen LogP) is 11.0. The van der Waals surface area contributed by atoms with Crippen molar-refractivity contribution < 1.29 is 56.2 Å². The highest BCUT2D eigenvalue weighted by Gasteiger charge is 2.48. The summed E-state index contributed by atoms with van der Waals surface area (Å²) in [6, 6.07) is 0. The smallest absolute Gasteiger partial charge is 0.397 e. The minimum atomic E-state index is -5.05. The normalized spacial score (nSPS) is 20.1. The topological polar surface area (TPSA) is 178 Å². The van der Waals surface area contributed by atoms with Crippen LogP contribution in [0.5, 0.6) is 0 Å². The Morgan fingerprint density at radius 3 is 1.48 bits per heavy atom. The quantitative estimate of drug-likeness (QED) is 0.0197. The summed E-state index contributed by atoms with van der Waals surface area (Å²) in [6.07, 6.45) is 35.7. The van der Waals surface area contributed by atoms with Gasteiger partial charge in [-0.15, -0.1) is 0 Å². The first-order chi connectivity index (χ1) is 29.6. The van der Waals surface area contributed by atoms with Gasteiger partial charge in [-0.05, 0) is 38.5 Å². The van der Waals surface area contributed by atoms with Gasteiger partial charge >= 0.3 is 16.4 Å². The average Bonchev–Trinajstić information content (AvgIpc) is 3.23. The molecule has 0 radical (unpaired) electrons. The molecule has 0 aromatic carbocycles. The fraction of sp³-hybridized carbons (Fsp3) is 0.938. The highest BCUT2D eigenvalue weighted by Crippen LogP contribution is 2.26. The van der Waals surface area contributed by atoms with E-state index in [1.807, 2.05) is 0 Å². The molecule has 1 rings (SSSR count). The first-order valence-electron chi connectivity index (χ1n) is 24.9. The predicted molar refractivity (Wildman–Crippen MR) is 244 cm³/mol. The first-order valence-corrected chi connectivity index (χ1v) is 26.3. The monoisotopic (exact) mass is 893 g/mol. The van der Waals surface area contributed by atoms with Crippen LogP contribution < -0.4 is 0 Å². The van der Waals surface area contributed by atoms with E-state index in [0.29, 0.717) is 13.0 Å². The Balaban J connectivity index is 2.22. The number of rotatable bonds is 44. The Morgan fingerprint density at radius 1 is 0.607 bits per heavy atom. The first kappa shape index (κ1) is 57.9. The zero-order valence-corrected chi connectivity index (χ0v) is 39.6. The van der Waals surface area contributed by atoms with Gasteiger partial charge in [-0.25, -0.2) is 4.18 Å². The maximum absolute atomic E-state index is 12.8. The Kier molecular flexibility index (Phi) is 38.3. The third-order valence-corrected chi connectivity index (χ3v) is 12.1. The van der Waals surface area contributed by atoms with Crippen molar-refractivity contribution in [3.8, 4) is 0 Å². The SMILES string of the molecule is CCCCCCCCCC/C=C\CCCCCCCCCCCCCCCCOCC(COC1OC(CO)C(O)C(OS(=O)(=O)O)C1O)OC(=O)CCCCCCCCCC. The van der Waals surface area contributed by atoms with Gasteiger partial charge in [0.05, 0.1) is 19.8 Å². The van der Waals surface area contributed by atoms with E-state index >= 15 is 0 Å². The van der Waals surface area contributed by atoms with Gasteiger partial charge in [-0.2, -0.15) is 8.42 Å². The number of hydrogen-bond acceptors (Lipinski definition) is 11. The number of ether oxygens (including phenoxy) is 4. The molecule has 1 saturated heterocycles.